The van der Waals surface area contributed by atoms with Crippen LogP contribution >= 0.6 is 0 Å². The number of aliphatic hydroxyl groups excluding tert-OH is 2. The molecule has 6 fully saturated rings. The van der Waals surface area contributed by atoms with E-state index in [-0.39, 0.29) is 56.4 Å². The first-order chi connectivity index (χ1) is 16.0. The first-order valence-corrected chi connectivity index (χ1v) is 14.3. The van der Waals surface area contributed by atoms with Crippen molar-refractivity contribution in [1.29, 1.82) is 0 Å². The molecule has 0 aromatic carbocycles. The zero-order chi connectivity index (χ0) is 25.6. The molecule has 2 aliphatic heterocycles. The zero-order valence-electron chi connectivity index (χ0n) is 23.2. The molecule has 2 saturated heterocycles. The van der Waals surface area contributed by atoms with Crippen LogP contribution in [0.3, 0.4) is 0 Å². The SMILES string of the molecule is C[C@H](C[C@H](O)[C@H]1OC1(C)C)[C@]12CC[C@@]3(C)[C@@]1(C[C@H](O)[C@H]1[C@@]4(C)CCC(=O)C(C)(C)[C@@H]4CC[C@@]13C)O2. The summed E-state index contributed by atoms with van der Waals surface area (Å²) in [4.78, 5) is 12.9. The second-order valence-electron chi connectivity index (χ2n) is 15.4. The van der Waals surface area contributed by atoms with Gasteiger partial charge in [0.25, 0.3) is 0 Å². The topological polar surface area (TPSA) is 82.6 Å². The second kappa shape index (κ2) is 6.74. The Kier molecular flexibility index (Phi) is 4.78. The summed E-state index contributed by atoms with van der Waals surface area (Å²) in [7, 11) is 0. The summed E-state index contributed by atoms with van der Waals surface area (Å²) >= 11 is 0. The molecule has 0 unspecified atom stereocenters. The molecule has 35 heavy (non-hydrogen) atoms. The van der Waals surface area contributed by atoms with Gasteiger partial charge in [0.15, 0.2) is 0 Å². The maximum Gasteiger partial charge on any atom is 0.138 e. The highest BCUT2D eigenvalue weighted by molar-refractivity contribution is 5.85. The van der Waals surface area contributed by atoms with Gasteiger partial charge in [0.2, 0.25) is 0 Å². The Bertz CT molecular complexity index is 958. The van der Waals surface area contributed by atoms with Gasteiger partial charge in [-0.05, 0) is 81.0 Å². The first-order valence-electron chi connectivity index (χ1n) is 14.3. The minimum atomic E-state index is -0.476. The van der Waals surface area contributed by atoms with Gasteiger partial charge in [-0.2, -0.15) is 0 Å². The molecular weight excluding hydrogens is 440 g/mol. The van der Waals surface area contributed by atoms with Crippen molar-refractivity contribution in [2.75, 3.05) is 0 Å². The minimum Gasteiger partial charge on any atom is -0.393 e. The van der Waals surface area contributed by atoms with Crippen LogP contribution in [0.15, 0.2) is 0 Å². The van der Waals surface area contributed by atoms with Crippen molar-refractivity contribution in [3.63, 3.8) is 0 Å². The van der Waals surface area contributed by atoms with E-state index in [0.29, 0.717) is 31.0 Å². The van der Waals surface area contributed by atoms with Gasteiger partial charge in [0.1, 0.15) is 23.1 Å². The Balaban J connectivity index is 1.32. The van der Waals surface area contributed by atoms with Gasteiger partial charge in [0, 0.05) is 23.7 Å². The van der Waals surface area contributed by atoms with Crippen LogP contribution in [0.4, 0.5) is 0 Å². The van der Waals surface area contributed by atoms with E-state index in [9.17, 15) is 15.0 Å². The molecule has 2 N–H and O–H groups in total. The molecule has 198 valence electrons. The lowest BCUT2D eigenvalue weighted by Gasteiger charge is -2.69. The van der Waals surface area contributed by atoms with Crippen molar-refractivity contribution in [3.05, 3.63) is 0 Å². The van der Waals surface area contributed by atoms with E-state index in [0.717, 1.165) is 32.1 Å². The predicted molar refractivity (Wildman–Crippen MR) is 134 cm³/mol. The quantitative estimate of drug-likeness (QED) is 0.541. The van der Waals surface area contributed by atoms with Crippen molar-refractivity contribution in [1.82, 2.24) is 0 Å². The molecule has 0 aromatic heterocycles. The van der Waals surface area contributed by atoms with Gasteiger partial charge in [-0.1, -0.05) is 41.5 Å². The smallest absolute Gasteiger partial charge is 0.138 e. The number of hydrogen-bond acceptors (Lipinski definition) is 5. The zero-order valence-corrected chi connectivity index (χ0v) is 23.2. The molecular formula is C30H48O5. The molecule has 0 bridgehead atoms. The normalized spacial score (nSPS) is 56.8. The summed E-state index contributed by atoms with van der Waals surface area (Å²) in [5.41, 5.74) is -1.20. The van der Waals surface area contributed by atoms with E-state index in [2.05, 4.69) is 41.5 Å². The number of ketones is 1. The number of carbonyl (C=O) groups excluding carboxylic acids is 1. The number of carbonyl (C=O) groups is 1. The van der Waals surface area contributed by atoms with Crippen molar-refractivity contribution >= 4 is 5.78 Å². The molecule has 0 radical (unpaired) electrons. The summed E-state index contributed by atoms with van der Waals surface area (Å²) in [5, 5.41) is 22.9. The van der Waals surface area contributed by atoms with E-state index >= 15 is 0 Å². The Morgan fingerprint density at radius 1 is 1.03 bits per heavy atom. The second-order valence-corrected chi connectivity index (χ2v) is 15.4. The highest BCUT2D eigenvalue weighted by Crippen LogP contribution is 2.84. The number of fused-ring (bicyclic) bond motifs is 4. The van der Waals surface area contributed by atoms with Crippen molar-refractivity contribution in [3.8, 4) is 0 Å². The van der Waals surface area contributed by atoms with Gasteiger partial charge in [-0.15, -0.1) is 0 Å². The summed E-state index contributed by atoms with van der Waals surface area (Å²) in [6.45, 7) is 17.9. The van der Waals surface area contributed by atoms with E-state index in [4.69, 9.17) is 9.47 Å². The molecule has 6 rings (SSSR count). The molecule has 0 amide bonds. The highest BCUT2D eigenvalue weighted by atomic mass is 16.6. The standard InChI is InChI=1S/C30H48O5/c1-17(15-18(31)23-25(4,5)34-23)29-14-13-28(8)27(7)12-9-20-24(2,3)21(33)10-11-26(20,6)22(27)19(32)16-30(28,29)35-29/h17-20,22-23,31-32H,9-16H2,1-8H3/t17-,18+,19+,20+,22+,23-,26+,27+,28-,29-,30-/m1/s1. The number of hydrogen-bond donors (Lipinski definition) is 2. The third-order valence-electron chi connectivity index (χ3n) is 13.5. The van der Waals surface area contributed by atoms with Crippen LogP contribution in [-0.4, -0.2) is 51.1 Å². The molecule has 1 spiro atoms. The average molecular weight is 489 g/mol. The molecule has 5 heteroatoms. The molecule has 2 heterocycles. The summed E-state index contributed by atoms with van der Waals surface area (Å²) in [6, 6.07) is 0. The van der Waals surface area contributed by atoms with Gasteiger partial charge in [-0.25, -0.2) is 0 Å². The third kappa shape index (κ3) is 2.68. The fourth-order valence-electron chi connectivity index (χ4n) is 11.4. The fraction of sp³-hybridized carbons (Fsp3) is 0.967. The van der Waals surface area contributed by atoms with E-state index in [1.807, 2.05) is 13.8 Å². The molecule has 4 saturated carbocycles. The Morgan fingerprint density at radius 3 is 2.31 bits per heavy atom. The largest absolute Gasteiger partial charge is 0.393 e. The highest BCUT2D eigenvalue weighted by Gasteiger charge is 2.88. The van der Waals surface area contributed by atoms with E-state index < -0.39 is 12.2 Å². The van der Waals surface area contributed by atoms with Crippen LogP contribution in [0.2, 0.25) is 0 Å². The number of epoxide rings is 2. The van der Waals surface area contributed by atoms with Crippen molar-refractivity contribution < 1.29 is 24.5 Å². The van der Waals surface area contributed by atoms with Crippen LogP contribution in [-0.2, 0) is 14.3 Å². The molecule has 4 aliphatic carbocycles. The van der Waals surface area contributed by atoms with Crippen LogP contribution in [0.25, 0.3) is 0 Å². The first kappa shape index (κ1) is 24.8. The maximum atomic E-state index is 12.9. The number of Topliss-reactive ketones (excluding diaryl/α,β-unsaturated/α-hetero) is 1. The molecule has 5 nitrogen and oxygen atoms in total. The van der Waals surface area contributed by atoms with Gasteiger partial charge in [-0.3, -0.25) is 4.79 Å². The lowest BCUT2D eigenvalue weighted by Crippen LogP contribution is -2.69. The maximum absolute atomic E-state index is 12.9. The Morgan fingerprint density at radius 2 is 1.69 bits per heavy atom. The van der Waals surface area contributed by atoms with Crippen LogP contribution in [0.1, 0.15) is 107 Å². The van der Waals surface area contributed by atoms with E-state index in [1.54, 1.807) is 0 Å². The lowest BCUT2D eigenvalue weighted by atomic mass is 9.35. The van der Waals surface area contributed by atoms with Crippen molar-refractivity contribution in [2.24, 2.45) is 39.4 Å². The summed E-state index contributed by atoms with van der Waals surface area (Å²) in [5.74, 6) is 1.11. The van der Waals surface area contributed by atoms with Crippen LogP contribution in [0, 0.1) is 39.4 Å². The Labute approximate surface area is 211 Å². The predicted octanol–water partition coefficient (Wildman–Crippen LogP) is 5.05. The fourth-order valence-corrected chi connectivity index (χ4v) is 11.4. The summed E-state index contributed by atoms with van der Waals surface area (Å²) < 4.78 is 12.6. The van der Waals surface area contributed by atoms with Crippen LogP contribution in [0.5, 0.6) is 0 Å². The lowest BCUT2D eigenvalue weighted by molar-refractivity contribution is -0.242. The summed E-state index contributed by atoms with van der Waals surface area (Å²) in [6.07, 6.45) is 6.12. The van der Waals surface area contributed by atoms with Gasteiger partial charge in [0.05, 0.1) is 17.8 Å². The minimum absolute atomic E-state index is 0.0158. The number of rotatable bonds is 4. The van der Waals surface area contributed by atoms with Gasteiger partial charge >= 0.3 is 0 Å². The van der Waals surface area contributed by atoms with Crippen LogP contribution < -0.4 is 0 Å². The van der Waals surface area contributed by atoms with Gasteiger partial charge < -0.3 is 19.7 Å². The number of aliphatic hydroxyl groups is 2. The molecule has 6 aliphatic rings. The molecule has 11 atom stereocenters. The molecule has 0 aromatic rings. The monoisotopic (exact) mass is 488 g/mol. The average Bonchev–Trinajstić information content (AvgIpc) is 3.58. The third-order valence-corrected chi connectivity index (χ3v) is 13.5. The van der Waals surface area contributed by atoms with E-state index in [1.165, 1.54) is 0 Å². The van der Waals surface area contributed by atoms with Crippen molar-refractivity contribution in [2.45, 2.75) is 142 Å². The Hall–Kier alpha value is -0.490. The number of ether oxygens (including phenoxy) is 2.